The summed E-state index contributed by atoms with van der Waals surface area (Å²) in [6.07, 6.45) is 0. The van der Waals surface area contributed by atoms with E-state index in [-0.39, 0.29) is 17.3 Å². The molecule has 0 bridgehead atoms. The summed E-state index contributed by atoms with van der Waals surface area (Å²) < 4.78 is 14.5. The number of aryl methyl sites for hydroxylation is 1. The Labute approximate surface area is 148 Å². The van der Waals surface area contributed by atoms with E-state index < -0.39 is 5.82 Å². The monoisotopic (exact) mass is 358 g/mol. The first kappa shape index (κ1) is 16.7. The van der Waals surface area contributed by atoms with Crippen molar-refractivity contribution in [3.63, 3.8) is 0 Å². The van der Waals surface area contributed by atoms with E-state index in [2.05, 4.69) is 10.3 Å². The highest BCUT2D eigenvalue weighted by atomic mass is 32.2. The average Bonchev–Trinajstić information content (AvgIpc) is 3.05. The summed E-state index contributed by atoms with van der Waals surface area (Å²) in [5, 5.41) is 4.56. The number of thiazole rings is 1. The first-order valence-electron chi connectivity index (χ1n) is 7.31. The lowest BCUT2D eigenvalue weighted by molar-refractivity contribution is -0.113. The smallest absolute Gasteiger partial charge is 0.234 e. The summed E-state index contributed by atoms with van der Waals surface area (Å²) >= 11 is 2.84. The number of nitrogens with zero attached hydrogens (tertiary/aromatic N) is 1. The Bertz CT molecular complexity index is 849. The molecule has 0 aliphatic rings. The Morgan fingerprint density at radius 3 is 2.79 bits per heavy atom. The van der Waals surface area contributed by atoms with Crippen molar-refractivity contribution in [3.8, 4) is 11.3 Å². The van der Waals surface area contributed by atoms with Crippen LogP contribution in [0, 0.1) is 12.7 Å². The number of anilines is 1. The van der Waals surface area contributed by atoms with Crippen LogP contribution in [0.4, 0.5) is 10.1 Å². The van der Waals surface area contributed by atoms with Crippen molar-refractivity contribution < 1.29 is 9.18 Å². The molecule has 0 aliphatic heterocycles. The van der Waals surface area contributed by atoms with E-state index in [0.29, 0.717) is 0 Å². The minimum atomic E-state index is -0.422. The zero-order chi connectivity index (χ0) is 16.9. The SMILES string of the molecule is Cc1ccc(NC(=O)CSc2nc(-c3ccccc3)cs2)c(F)c1. The highest BCUT2D eigenvalue weighted by molar-refractivity contribution is 8.01. The Morgan fingerprint density at radius 1 is 1.25 bits per heavy atom. The Balaban J connectivity index is 1.58. The molecule has 3 aromatic rings. The molecule has 0 radical (unpaired) electrons. The van der Waals surface area contributed by atoms with Crippen molar-refractivity contribution in [1.29, 1.82) is 0 Å². The van der Waals surface area contributed by atoms with Gasteiger partial charge in [0, 0.05) is 10.9 Å². The van der Waals surface area contributed by atoms with E-state index >= 15 is 0 Å². The van der Waals surface area contributed by atoms with Gasteiger partial charge in [0.25, 0.3) is 0 Å². The minimum Gasteiger partial charge on any atom is -0.323 e. The first-order valence-corrected chi connectivity index (χ1v) is 9.18. The zero-order valence-electron chi connectivity index (χ0n) is 13.0. The van der Waals surface area contributed by atoms with Gasteiger partial charge < -0.3 is 5.32 Å². The average molecular weight is 358 g/mol. The van der Waals surface area contributed by atoms with Crippen LogP contribution in [0.5, 0.6) is 0 Å². The third-order valence-electron chi connectivity index (χ3n) is 3.28. The van der Waals surface area contributed by atoms with Crippen molar-refractivity contribution >= 4 is 34.7 Å². The molecule has 3 nitrogen and oxygen atoms in total. The van der Waals surface area contributed by atoms with Gasteiger partial charge in [0.15, 0.2) is 4.34 Å². The fourth-order valence-corrected chi connectivity index (χ4v) is 3.74. The molecular weight excluding hydrogens is 343 g/mol. The summed E-state index contributed by atoms with van der Waals surface area (Å²) in [5.41, 5.74) is 2.96. The maximum Gasteiger partial charge on any atom is 0.234 e. The molecule has 1 N–H and O–H groups in total. The van der Waals surface area contributed by atoms with Gasteiger partial charge >= 0.3 is 0 Å². The molecule has 0 saturated heterocycles. The van der Waals surface area contributed by atoms with Gasteiger partial charge in [-0.1, -0.05) is 48.2 Å². The molecule has 1 aromatic heterocycles. The second-order valence-corrected chi connectivity index (χ2v) is 7.27. The van der Waals surface area contributed by atoms with Crippen LogP contribution in [0.25, 0.3) is 11.3 Å². The lowest BCUT2D eigenvalue weighted by Gasteiger charge is -2.06. The summed E-state index contributed by atoms with van der Waals surface area (Å²) in [7, 11) is 0. The molecule has 1 heterocycles. The molecule has 6 heteroatoms. The lowest BCUT2D eigenvalue weighted by atomic mass is 10.2. The van der Waals surface area contributed by atoms with E-state index in [9.17, 15) is 9.18 Å². The maximum absolute atomic E-state index is 13.7. The molecule has 0 atom stereocenters. The molecule has 2 aromatic carbocycles. The summed E-state index contributed by atoms with van der Waals surface area (Å²) in [6.45, 7) is 1.80. The van der Waals surface area contributed by atoms with Crippen LogP contribution in [-0.2, 0) is 4.79 Å². The quantitative estimate of drug-likeness (QED) is 0.654. The molecule has 122 valence electrons. The number of nitrogens with one attached hydrogen (secondary N) is 1. The summed E-state index contributed by atoms with van der Waals surface area (Å²) in [4.78, 5) is 16.5. The van der Waals surface area contributed by atoms with Gasteiger partial charge in [-0.15, -0.1) is 11.3 Å². The first-order chi connectivity index (χ1) is 11.6. The topological polar surface area (TPSA) is 42.0 Å². The number of thioether (sulfide) groups is 1. The normalized spacial score (nSPS) is 10.6. The van der Waals surface area contributed by atoms with Crippen LogP contribution < -0.4 is 5.32 Å². The predicted molar refractivity (Wildman–Crippen MR) is 98.0 cm³/mol. The van der Waals surface area contributed by atoms with Crippen molar-refractivity contribution in [2.75, 3.05) is 11.1 Å². The van der Waals surface area contributed by atoms with Crippen LogP contribution in [-0.4, -0.2) is 16.6 Å². The van der Waals surface area contributed by atoms with Crippen LogP contribution in [0.1, 0.15) is 5.56 Å². The number of carbonyl (C=O) groups is 1. The zero-order valence-corrected chi connectivity index (χ0v) is 14.6. The standard InChI is InChI=1S/C18H15FN2OS2/c1-12-7-8-15(14(19)9-12)20-17(22)11-24-18-21-16(10-23-18)13-5-3-2-4-6-13/h2-10H,11H2,1H3,(H,20,22). The second-order valence-electron chi connectivity index (χ2n) is 5.18. The maximum atomic E-state index is 13.7. The number of rotatable bonds is 5. The molecule has 24 heavy (non-hydrogen) atoms. The Kier molecular flexibility index (Phi) is 5.27. The van der Waals surface area contributed by atoms with E-state index in [1.54, 1.807) is 19.1 Å². The fraction of sp³-hybridized carbons (Fsp3) is 0.111. The molecule has 0 aliphatic carbocycles. The molecule has 0 fully saturated rings. The van der Waals surface area contributed by atoms with Gasteiger partial charge in [0.05, 0.1) is 17.1 Å². The van der Waals surface area contributed by atoms with E-state index in [0.717, 1.165) is 21.2 Å². The second kappa shape index (κ2) is 7.59. The lowest BCUT2D eigenvalue weighted by Crippen LogP contribution is -2.15. The molecule has 0 saturated carbocycles. The number of hydrogen-bond donors (Lipinski definition) is 1. The highest BCUT2D eigenvalue weighted by Gasteiger charge is 2.10. The van der Waals surface area contributed by atoms with Crippen LogP contribution in [0.3, 0.4) is 0 Å². The van der Waals surface area contributed by atoms with Gasteiger partial charge in [-0.25, -0.2) is 9.37 Å². The number of benzene rings is 2. The van der Waals surface area contributed by atoms with Gasteiger partial charge in [-0.3, -0.25) is 4.79 Å². The number of halogens is 1. The molecule has 0 unspecified atom stereocenters. The summed E-state index contributed by atoms with van der Waals surface area (Å²) in [5.74, 6) is -0.483. The Hall–Kier alpha value is -2.18. The molecule has 3 rings (SSSR count). The number of hydrogen-bond acceptors (Lipinski definition) is 4. The van der Waals surface area contributed by atoms with Crippen molar-refractivity contribution in [2.24, 2.45) is 0 Å². The van der Waals surface area contributed by atoms with E-state index in [1.807, 2.05) is 35.7 Å². The molecule has 0 spiro atoms. The number of amides is 1. The van der Waals surface area contributed by atoms with Crippen LogP contribution >= 0.6 is 23.1 Å². The number of carbonyl (C=O) groups excluding carboxylic acids is 1. The Morgan fingerprint density at radius 2 is 2.04 bits per heavy atom. The van der Waals surface area contributed by atoms with Crippen LogP contribution in [0.15, 0.2) is 58.3 Å². The minimum absolute atomic E-state index is 0.190. The molecular formula is C18H15FN2OS2. The largest absolute Gasteiger partial charge is 0.323 e. The van der Waals surface area contributed by atoms with Gasteiger partial charge in [-0.05, 0) is 24.6 Å². The van der Waals surface area contributed by atoms with Gasteiger partial charge in [0.2, 0.25) is 5.91 Å². The van der Waals surface area contributed by atoms with Crippen molar-refractivity contribution in [2.45, 2.75) is 11.3 Å². The van der Waals surface area contributed by atoms with Crippen LogP contribution in [0.2, 0.25) is 0 Å². The number of aromatic nitrogens is 1. The van der Waals surface area contributed by atoms with E-state index in [4.69, 9.17) is 0 Å². The fourth-order valence-electron chi connectivity index (χ4n) is 2.10. The van der Waals surface area contributed by atoms with Crippen molar-refractivity contribution in [1.82, 2.24) is 4.98 Å². The van der Waals surface area contributed by atoms with Gasteiger partial charge in [0.1, 0.15) is 5.82 Å². The third kappa shape index (κ3) is 4.21. The third-order valence-corrected chi connectivity index (χ3v) is 5.30. The summed E-state index contributed by atoms with van der Waals surface area (Å²) in [6, 6.07) is 14.6. The van der Waals surface area contributed by atoms with E-state index in [1.165, 1.54) is 29.2 Å². The van der Waals surface area contributed by atoms with Gasteiger partial charge in [-0.2, -0.15) is 0 Å². The predicted octanol–water partition coefficient (Wildman–Crippen LogP) is 4.99. The molecule has 1 amide bonds. The van der Waals surface area contributed by atoms with Crippen molar-refractivity contribution in [3.05, 3.63) is 65.3 Å². The highest BCUT2D eigenvalue weighted by Crippen LogP contribution is 2.28.